The minimum absolute atomic E-state index is 0.0644. The Balaban J connectivity index is 2.09. The molecule has 162 valence electrons. The zero-order valence-corrected chi connectivity index (χ0v) is 20.9. The van der Waals surface area contributed by atoms with Gasteiger partial charge in [-0.15, -0.1) is 11.8 Å². The predicted octanol–water partition coefficient (Wildman–Crippen LogP) is 5.67. The lowest BCUT2D eigenvalue weighted by molar-refractivity contribution is -0.139. The molecule has 2 aromatic carbocycles. The molecule has 0 aliphatic carbocycles. The number of carbonyl (C=O) groups excluding carboxylic acids is 2. The highest BCUT2D eigenvalue weighted by atomic mass is 79.9. The van der Waals surface area contributed by atoms with E-state index >= 15 is 0 Å². The minimum Gasteiger partial charge on any atom is -0.350 e. The van der Waals surface area contributed by atoms with E-state index in [1.54, 1.807) is 11.8 Å². The van der Waals surface area contributed by atoms with Crippen LogP contribution in [0.4, 0.5) is 0 Å². The summed E-state index contributed by atoms with van der Waals surface area (Å²) in [5, 5.41) is 3.67. The summed E-state index contributed by atoms with van der Waals surface area (Å²) >= 11 is 10.9. The molecule has 0 spiro atoms. The van der Waals surface area contributed by atoms with Gasteiger partial charge in [-0.2, -0.15) is 0 Å². The van der Waals surface area contributed by atoms with Crippen molar-refractivity contribution in [3.63, 3.8) is 0 Å². The highest BCUT2D eigenvalue weighted by Gasteiger charge is 2.28. The van der Waals surface area contributed by atoms with Crippen molar-refractivity contribution < 1.29 is 9.59 Å². The molecule has 0 heterocycles. The molecule has 1 N–H and O–H groups in total. The van der Waals surface area contributed by atoms with Crippen LogP contribution in [0.1, 0.15) is 38.8 Å². The van der Waals surface area contributed by atoms with E-state index in [2.05, 4.69) is 21.2 Å². The number of rotatable bonds is 8. The number of carbonyl (C=O) groups is 2. The third-order valence-electron chi connectivity index (χ3n) is 4.31. The Morgan fingerprint density at radius 2 is 1.80 bits per heavy atom. The zero-order chi connectivity index (χ0) is 22.3. The second-order valence-corrected chi connectivity index (χ2v) is 10.5. The molecular weight excluding hydrogens is 484 g/mol. The highest BCUT2D eigenvalue weighted by Crippen LogP contribution is 2.19. The molecule has 2 amide bonds. The Kier molecular flexibility index (Phi) is 9.26. The minimum atomic E-state index is -0.577. The van der Waals surface area contributed by atoms with Gasteiger partial charge in [-0.3, -0.25) is 9.59 Å². The lowest BCUT2D eigenvalue weighted by Crippen LogP contribution is -2.52. The summed E-state index contributed by atoms with van der Waals surface area (Å²) in [6.45, 7) is 7.94. The highest BCUT2D eigenvalue weighted by molar-refractivity contribution is 9.10. The largest absolute Gasteiger partial charge is 0.350 e. The van der Waals surface area contributed by atoms with Crippen molar-refractivity contribution in [2.24, 2.45) is 0 Å². The maximum Gasteiger partial charge on any atom is 0.242 e. The van der Waals surface area contributed by atoms with Gasteiger partial charge in [0.05, 0.1) is 5.75 Å². The molecule has 0 saturated heterocycles. The number of nitrogens with zero attached hydrogens (tertiary/aromatic N) is 1. The van der Waals surface area contributed by atoms with Crippen molar-refractivity contribution in [3.8, 4) is 0 Å². The molecule has 7 heteroatoms. The Morgan fingerprint density at radius 3 is 2.40 bits per heavy atom. The number of thioether (sulfide) groups is 1. The first kappa shape index (κ1) is 24.8. The predicted molar refractivity (Wildman–Crippen MR) is 130 cm³/mol. The number of hydrogen-bond donors (Lipinski definition) is 1. The van der Waals surface area contributed by atoms with Gasteiger partial charge < -0.3 is 10.2 Å². The molecule has 2 aromatic rings. The molecule has 1 atom stereocenters. The first-order chi connectivity index (χ1) is 14.0. The van der Waals surface area contributed by atoms with Crippen molar-refractivity contribution >= 4 is 51.1 Å². The smallest absolute Gasteiger partial charge is 0.242 e. The third-order valence-corrected chi connectivity index (χ3v) is 6.05. The topological polar surface area (TPSA) is 49.4 Å². The van der Waals surface area contributed by atoms with Crippen molar-refractivity contribution in [1.29, 1.82) is 0 Å². The van der Waals surface area contributed by atoms with Gasteiger partial charge in [0.1, 0.15) is 6.04 Å². The van der Waals surface area contributed by atoms with Crippen LogP contribution in [0.2, 0.25) is 5.02 Å². The lowest BCUT2D eigenvalue weighted by Gasteiger charge is -2.31. The standard InChI is InChI=1S/C23H28BrClN2O2S/c1-16(22(29)26-23(2,3)4)27(13-18-6-5-7-19(24)12-18)21(28)15-30-14-17-8-10-20(25)11-9-17/h5-12,16H,13-15H2,1-4H3,(H,26,29). The fourth-order valence-corrected chi connectivity index (χ4v) is 4.25. The fourth-order valence-electron chi connectivity index (χ4n) is 2.81. The maximum absolute atomic E-state index is 13.1. The van der Waals surface area contributed by atoms with Gasteiger partial charge in [-0.05, 0) is 63.1 Å². The van der Waals surface area contributed by atoms with Crippen LogP contribution in [0.3, 0.4) is 0 Å². The molecule has 2 rings (SSSR count). The molecule has 0 aliphatic heterocycles. The molecule has 0 fully saturated rings. The van der Waals surface area contributed by atoms with E-state index in [4.69, 9.17) is 11.6 Å². The molecule has 30 heavy (non-hydrogen) atoms. The molecular formula is C23H28BrClN2O2S. The summed E-state index contributed by atoms with van der Waals surface area (Å²) in [4.78, 5) is 27.5. The summed E-state index contributed by atoms with van der Waals surface area (Å²) in [5.41, 5.74) is 1.71. The second-order valence-electron chi connectivity index (χ2n) is 8.19. The number of benzene rings is 2. The molecule has 4 nitrogen and oxygen atoms in total. The van der Waals surface area contributed by atoms with Gasteiger partial charge in [0, 0.05) is 27.3 Å². The van der Waals surface area contributed by atoms with Gasteiger partial charge in [-0.1, -0.05) is 51.8 Å². The van der Waals surface area contributed by atoms with E-state index < -0.39 is 6.04 Å². The monoisotopic (exact) mass is 510 g/mol. The van der Waals surface area contributed by atoms with Crippen LogP contribution in [0.15, 0.2) is 53.0 Å². The average molecular weight is 512 g/mol. The molecule has 1 unspecified atom stereocenters. The van der Waals surface area contributed by atoms with E-state index in [1.807, 2.05) is 69.3 Å². The van der Waals surface area contributed by atoms with E-state index in [-0.39, 0.29) is 17.4 Å². The number of nitrogens with one attached hydrogen (secondary N) is 1. The summed E-state index contributed by atoms with van der Waals surface area (Å²) in [6.07, 6.45) is 0. The Morgan fingerprint density at radius 1 is 1.13 bits per heavy atom. The normalized spacial score (nSPS) is 12.3. The Hall–Kier alpha value is -1.50. The third kappa shape index (κ3) is 8.32. The first-order valence-corrected chi connectivity index (χ1v) is 12.1. The number of amides is 2. The Bertz CT molecular complexity index is 868. The van der Waals surface area contributed by atoms with Crippen LogP contribution in [0.5, 0.6) is 0 Å². The van der Waals surface area contributed by atoms with Crippen molar-refractivity contribution in [2.45, 2.75) is 51.6 Å². The van der Waals surface area contributed by atoms with E-state index in [0.717, 1.165) is 15.6 Å². The summed E-state index contributed by atoms with van der Waals surface area (Å²) < 4.78 is 0.941. The summed E-state index contributed by atoms with van der Waals surface area (Å²) in [6, 6.07) is 14.8. The van der Waals surface area contributed by atoms with Crippen molar-refractivity contribution in [2.75, 3.05) is 5.75 Å². The van der Waals surface area contributed by atoms with Crippen molar-refractivity contribution in [3.05, 3.63) is 69.2 Å². The van der Waals surface area contributed by atoms with Crippen molar-refractivity contribution in [1.82, 2.24) is 10.2 Å². The van der Waals surface area contributed by atoms with Gasteiger partial charge >= 0.3 is 0 Å². The van der Waals surface area contributed by atoms with Gasteiger partial charge in [0.2, 0.25) is 11.8 Å². The van der Waals surface area contributed by atoms with Crippen LogP contribution in [0, 0.1) is 0 Å². The van der Waals surface area contributed by atoms with E-state index in [0.29, 0.717) is 23.1 Å². The van der Waals surface area contributed by atoms with Crippen LogP contribution < -0.4 is 5.32 Å². The fraction of sp³-hybridized carbons (Fsp3) is 0.391. The molecule has 0 radical (unpaired) electrons. The zero-order valence-electron chi connectivity index (χ0n) is 17.7. The molecule has 0 bridgehead atoms. The second kappa shape index (κ2) is 11.2. The molecule has 0 aromatic heterocycles. The average Bonchev–Trinajstić information content (AvgIpc) is 2.65. The maximum atomic E-state index is 13.1. The molecule has 0 aliphatic rings. The van der Waals surface area contributed by atoms with Gasteiger partial charge in [-0.25, -0.2) is 0 Å². The van der Waals surface area contributed by atoms with Crippen LogP contribution >= 0.6 is 39.3 Å². The van der Waals surface area contributed by atoms with E-state index in [9.17, 15) is 9.59 Å². The van der Waals surface area contributed by atoms with Gasteiger partial charge in [0.25, 0.3) is 0 Å². The van der Waals surface area contributed by atoms with Crippen LogP contribution in [-0.2, 0) is 21.9 Å². The first-order valence-electron chi connectivity index (χ1n) is 9.73. The van der Waals surface area contributed by atoms with Gasteiger partial charge in [0.15, 0.2) is 0 Å². The lowest BCUT2D eigenvalue weighted by atomic mass is 10.1. The van der Waals surface area contributed by atoms with Crippen LogP contribution in [0.25, 0.3) is 0 Å². The quantitative estimate of drug-likeness (QED) is 0.497. The number of hydrogen-bond acceptors (Lipinski definition) is 3. The van der Waals surface area contributed by atoms with Crippen LogP contribution in [-0.4, -0.2) is 34.0 Å². The summed E-state index contributed by atoms with van der Waals surface area (Å²) in [5.74, 6) is 0.777. The van der Waals surface area contributed by atoms with E-state index in [1.165, 1.54) is 11.8 Å². The summed E-state index contributed by atoms with van der Waals surface area (Å²) in [7, 11) is 0. The SMILES string of the molecule is CC(C(=O)NC(C)(C)C)N(Cc1cccc(Br)c1)C(=O)CSCc1ccc(Cl)cc1. The molecule has 0 saturated carbocycles. The Labute approximate surface area is 196 Å². The number of halogens is 2.